The summed E-state index contributed by atoms with van der Waals surface area (Å²) in [4.78, 5) is 22.1. The van der Waals surface area contributed by atoms with Crippen LogP contribution >= 0.6 is 0 Å². The molecule has 35 heavy (non-hydrogen) atoms. The van der Waals surface area contributed by atoms with E-state index < -0.39 is 5.82 Å². The maximum absolute atomic E-state index is 15.6. The van der Waals surface area contributed by atoms with Crippen molar-refractivity contribution in [1.29, 1.82) is 0 Å². The van der Waals surface area contributed by atoms with Crippen molar-refractivity contribution in [2.45, 2.75) is 25.8 Å². The van der Waals surface area contributed by atoms with Gasteiger partial charge >= 0.3 is 0 Å². The number of rotatable bonds is 5. The third-order valence-electron chi connectivity index (χ3n) is 6.97. The van der Waals surface area contributed by atoms with Crippen molar-refractivity contribution in [1.82, 2.24) is 30.4 Å². The highest BCUT2D eigenvalue weighted by Crippen LogP contribution is 2.35. The summed E-state index contributed by atoms with van der Waals surface area (Å²) in [6.45, 7) is 4.07. The molecule has 0 bridgehead atoms. The zero-order valence-corrected chi connectivity index (χ0v) is 19.2. The van der Waals surface area contributed by atoms with E-state index in [-0.39, 0.29) is 17.7 Å². The van der Waals surface area contributed by atoms with Crippen molar-refractivity contribution in [3.8, 4) is 28.4 Å². The number of carbonyl (C=O) groups is 1. The van der Waals surface area contributed by atoms with E-state index in [9.17, 15) is 9.90 Å². The van der Waals surface area contributed by atoms with Crippen LogP contribution in [0.4, 0.5) is 4.39 Å². The van der Waals surface area contributed by atoms with Gasteiger partial charge in [-0.25, -0.2) is 9.37 Å². The first-order valence-corrected chi connectivity index (χ1v) is 11.8. The Morgan fingerprint density at radius 2 is 2.09 bits per heavy atom. The first kappa shape index (κ1) is 21.5. The number of aryl methyl sites for hydroxylation is 1. The van der Waals surface area contributed by atoms with Crippen molar-refractivity contribution >= 4 is 22.4 Å². The number of amides is 1. The molecule has 0 saturated carbocycles. The van der Waals surface area contributed by atoms with Crippen LogP contribution in [0.2, 0.25) is 0 Å². The third-order valence-corrected chi connectivity index (χ3v) is 6.97. The van der Waals surface area contributed by atoms with E-state index in [2.05, 4.69) is 31.5 Å². The molecule has 1 unspecified atom stereocenters. The maximum Gasteiger partial charge on any atom is 0.237 e. The Morgan fingerprint density at radius 1 is 1.23 bits per heavy atom. The van der Waals surface area contributed by atoms with E-state index in [4.69, 9.17) is 4.98 Å². The molecule has 1 fully saturated rings. The Bertz CT molecular complexity index is 1490. The Balaban J connectivity index is 1.29. The van der Waals surface area contributed by atoms with Crippen LogP contribution in [0.1, 0.15) is 24.6 Å². The number of carbonyl (C=O) groups excluding carboxylic acids is 1. The number of phenolic OH excluding ortho intramolecular Hbond substituents is 1. The van der Waals surface area contributed by atoms with Crippen LogP contribution in [-0.2, 0) is 11.2 Å². The highest BCUT2D eigenvalue weighted by molar-refractivity contribution is 5.95. The number of H-pyrrole nitrogens is 2. The van der Waals surface area contributed by atoms with Crippen LogP contribution in [0.15, 0.2) is 42.6 Å². The van der Waals surface area contributed by atoms with Crippen LogP contribution in [0.3, 0.4) is 0 Å². The standard InChI is InChI=1S/C26H25FN6O2/c1-2-14-11-16(34)3-4-17(14)18-5-6-19-23(22(18)27)31-32-24(19)25-29-12-20(30-25)15-8-10-33(13-15)21-7-9-28-26(21)35/h3-6,8,11-12,21,34H,2,7,9-10,13H2,1H3,(H,28,35)(H,29,30)(H,31,32). The fourth-order valence-corrected chi connectivity index (χ4v) is 5.11. The van der Waals surface area contributed by atoms with E-state index in [1.807, 2.05) is 19.2 Å². The zero-order valence-electron chi connectivity index (χ0n) is 19.2. The highest BCUT2D eigenvalue weighted by Gasteiger charge is 2.32. The summed E-state index contributed by atoms with van der Waals surface area (Å²) in [5.74, 6) is 0.411. The van der Waals surface area contributed by atoms with Gasteiger partial charge in [0, 0.05) is 36.8 Å². The summed E-state index contributed by atoms with van der Waals surface area (Å²) in [5.41, 5.74) is 4.78. The lowest BCUT2D eigenvalue weighted by Crippen LogP contribution is -2.39. The van der Waals surface area contributed by atoms with Crippen LogP contribution in [-0.4, -0.2) is 61.8 Å². The van der Waals surface area contributed by atoms with Crippen LogP contribution in [0, 0.1) is 5.82 Å². The average molecular weight is 473 g/mol. The van der Waals surface area contributed by atoms with Gasteiger partial charge in [-0.3, -0.25) is 14.8 Å². The van der Waals surface area contributed by atoms with Crippen molar-refractivity contribution in [3.63, 3.8) is 0 Å². The van der Waals surface area contributed by atoms with E-state index in [1.165, 1.54) is 0 Å². The summed E-state index contributed by atoms with van der Waals surface area (Å²) in [6, 6.07) is 8.48. The molecule has 0 radical (unpaired) electrons. The number of nitrogens with one attached hydrogen (secondary N) is 3. The number of aromatic nitrogens is 4. The number of hydrogen-bond donors (Lipinski definition) is 4. The van der Waals surface area contributed by atoms with Crippen LogP contribution in [0.25, 0.3) is 39.1 Å². The quantitative estimate of drug-likeness (QED) is 0.355. The van der Waals surface area contributed by atoms with Crippen LogP contribution < -0.4 is 5.32 Å². The second-order valence-corrected chi connectivity index (χ2v) is 9.01. The molecule has 4 N–H and O–H groups in total. The summed E-state index contributed by atoms with van der Waals surface area (Å²) in [6.07, 6.45) is 5.42. The lowest BCUT2D eigenvalue weighted by Gasteiger charge is -2.20. The fraction of sp³-hybridized carbons (Fsp3) is 0.269. The topological polar surface area (TPSA) is 110 Å². The van der Waals surface area contributed by atoms with Crippen molar-refractivity contribution in [3.05, 3.63) is 59.7 Å². The Kier molecular flexibility index (Phi) is 5.14. The maximum atomic E-state index is 15.6. The predicted octanol–water partition coefficient (Wildman–Crippen LogP) is 3.61. The van der Waals surface area contributed by atoms with Gasteiger partial charge in [-0.05, 0) is 47.7 Å². The number of imidazole rings is 1. The zero-order chi connectivity index (χ0) is 24.1. The second kappa shape index (κ2) is 8.35. The van der Waals surface area contributed by atoms with Crippen molar-refractivity contribution in [2.75, 3.05) is 19.6 Å². The molecule has 1 amide bonds. The first-order valence-electron chi connectivity index (χ1n) is 11.8. The fourth-order valence-electron chi connectivity index (χ4n) is 5.11. The Morgan fingerprint density at radius 3 is 2.89 bits per heavy atom. The third kappa shape index (κ3) is 3.59. The van der Waals surface area contributed by atoms with Gasteiger partial charge < -0.3 is 15.4 Å². The number of hydrogen-bond acceptors (Lipinski definition) is 5. The molecule has 4 aromatic rings. The molecular weight excluding hydrogens is 447 g/mol. The second-order valence-electron chi connectivity index (χ2n) is 9.01. The smallest absolute Gasteiger partial charge is 0.237 e. The van der Waals surface area contributed by atoms with Gasteiger partial charge in [0.25, 0.3) is 0 Å². The van der Waals surface area contributed by atoms with Gasteiger partial charge in [-0.15, -0.1) is 0 Å². The molecule has 9 heteroatoms. The Labute approximate surface area is 200 Å². The molecule has 178 valence electrons. The summed E-state index contributed by atoms with van der Waals surface area (Å²) in [5, 5.41) is 20.5. The molecule has 2 aromatic carbocycles. The first-order chi connectivity index (χ1) is 17.0. The number of benzene rings is 2. The van der Waals surface area contributed by atoms with Gasteiger partial charge in [0.2, 0.25) is 5.91 Å². The minimum Gasteiger partial charge on any atom is -0.508 e. The number of phenols is 1. The van der Waals surface area contributed by atoms with Gasteiger partial charge in [0.15, 0.2) is 11.6 Å². The summed E-state index contributed by atoms with van der Waals surface area (Å²) in [7, 11) is 0. The largest absolute Gasteiger partial charge is 0.508 e. The lowest BCUT2D eigenvalue weighted by molar-refractivity contribution is -0.123. The van der Waals surface area contributed by atoms with Gasteiger partial charge in [0.05, 0.1) is 11.7 Å². The number of fused-ring (bicyclic) bond motifs is 1. The monoisotopic (exact) mass is 472 g/mol. The molecule has 1 atom stereocenters. The molecule has 4 heterocycles. The molecule has 6 rings (SSSR count). The van der Waals surface area contributed by atoms with E-state index in [0.717, 1.165) is 35.4 Å². The molecule has 2 aliphatic heterocycles. The normalized spacial score (nSPS) is 18.4. The van der Waals surface area contributed by atoms with Crippen molar-refractivity contribution < 1.29 is 14.3 Å². The lowest BCUT2D eigenvalue weighted by atomic mass is 9.96. The van der Waals surface area contributed by atoms with Gasteiger partial charge in [0.1, 0.15) is 17.0 Å². The number of aromatic amines is 2. The SMILES string of the molecule is CCc1cc(O)ccc1-c1ccc2c(-c3nc(C4=CCN(C5CCNC5=O)C4)c[nH]3)n[nH]c2c1F. The van der Waals surface area contributed by atoms with E-state index in [0.29, 0.717) is 47.5 Å². The van der Waals surface area contributed by atoms with Gasteiger partial charge in [-0.1, -0.05) is 25.1 Å². The summed E-state index contributed by atoms with van der Waals surface area (Å²) >= 11 is 0. The predicted molar refractivity (Wildman–Crippen MR) is 131 cm³/mol. The highest BCUT2D eigenvalue weighted by atomic mass is 19.1. The number of aromatic hydroxyl groups is 1. The molecule has 2 aromatic heterocycles. The molecular formula is C26H25FN6O2. The minimum absolute atomic E-state index is 0.0866. The molecule has 0 spiro atoms. The van der Waals surface area contributed by atoms with Crippen LogP contribution in [0.5, 0.6) is 5.75 Å². The van der Waals surface area contributed by atoms with Gasteiger partial charge in [-0.2, -0.15) is 5.10 Å². The van der Waals surface area contributed by atoms with E-state index >= 15 is 4.39 Å². The molecule has 2 aliphatic rings. The molecule has 0 aliphatic carbocycles. The number of nitrogens with zero attached hydrogens (tertiary/aromatic N) is 3. The summed E-state index contributed by atoms with van der Waals surface area (Å²) < 4.78 is 15.6. The van der Waals surface area contributed by atoms with E-state index in [1.54, 1.807) is 24.3 Å². The number of halogens is 1. The molecule has 1 saturated heterocycles. The Hall–Kier alpha value is -3.98. The molecule has 8 nitrogen and oxygen atoms in total. The minimum atomic E-state index is -0.391. The average Bonchev–Trinajstić information content (AvgIpc) is 3.65. The van der Waals surface area contributed by atoms with Crippen molar-refractivity contribution in [2.24, 2.45) is 0 Å².